The number of rotatable bonds is 5. The molecule has 30 heavy (non-hydrogen) atoms. The minimum Gasteiger partial charge on any atom is -0.633 e. The average Bonchev–Trinajstić information content (AvgIpc) is 2.92. The first kappa shape index (κ1) is 20.6. The fraction of sp³-hybridized carbons (Fsp3) is 0.478. The van der Waals surface area contributed by atoms with Crippen molar-refractivity contribution in [1.29, 1.82) is 0 Å². The molecule has 2 aromatic rings. The average molecular weight is 415 g/mol. The number of methoxy groups -OCH3 is 5. The van der Waals surface area contributed by atoms with Gasteiger partial charge in [0.15, 0.2) is 23.0 Å². The van der Waals surface area contributed by atoms with Crippen molar-refractivity contribution in [1.82, 2.24) is 0 Å². The lowest BCUT2D eigenvalue weighted by atomic mass is 9.84. The van der Waals surface area contributed by atoms with E-state index >= 15 is 0 Å². The number of hydroxylamine groups is 3. The molecule has 1 heterocycles. The molecule has 1 unspecified atom stereocenters. The molecular formula is C23H29NO6. The van der Waals surface area contributed by atoms with E-state index in [2.05, 4.69) is 0 Å². The number of ether oxygens (including phenoxy) is 5. The highest BCUT2D eigenvalue weighted by atomic mass is 16.5. The lowest BCUT2D eigenvalue weighted by Gasteiger charge is -2.49. The second-order valence-electron chi connectivity index (χ2n) is 7.94. The third-order valence-electron chi connectivity index (χ3n) is 6.46. The summed E-state index contributed by atoms with van der Waals surface area (Å²) in [5.74, 6) is 2.95. The van der Waals surface area contributed by atoms with Crippen molar-refractivity contribution in [3.8, 4) is 39.9 Å². The van der Waals surface area contributed by atoms with Gasteiger partial charge < -0.3 is 33.5 Å². The second kappa shape index (κ2) is 7.56. The largest absolute Gasteiger partial charge is 0.633 e. The van der Waals surface area contributed by atoms with Crippen LogP contribution in [0.1, 0.15) is 29.2 Å². The molecule has 2 aliphatic rings. The fourth-order valence-electron chi connectivity index (χ4n) is 5.06. The molecule has 0 saturated heterocycles. The van der Waals surface area contributed by atoms with Crippen LogP contribution in [0.25, 0.3) is 11.1 Å². The van der Waals surface area contributed by atoms with Gasteiger partial charge in [0.25, 0.3) is 0 Å². The van der Waals surface area contributed by atoms with Gasteiger partial charge >= 0.3 is 0 Å². The smallest absolute Gasteiger partial charge is 0.203 e. The monoisotopic (exact) mass is 415 g/mol. The van der Waals surface area contributed by atoms with Gasteiger partial charge in [0, 0.05) is 29.5 Å². The van der Waals surface area contributed by atoms with Crippen molar-refractivity contribution >= 4 is 0 Å². The zero-order chi connectivity index (χ0) is 21.6. The fourth-order valence-corrected chi connectivity index (χ4v) is 5.06. The molecule has 0 amide bonds. The minimum absolute atomic E-state index is 0.197. The quantitative estimate of drug-likeness (QED) is 0.545. The van der Waals surface area contributed by atoms with Gasteiger partial charge in [-0.05, 0) is 29.7 Å². The zero-order valence-corrected chi connectivity index (χ0v) is 18.5. The van der Waals surface area contributed by atoms with Crippen LogP contribution in [0.2, 0.25) is 0 Å². The van der Waals surface area contributed by atoms with E-state index in [0.717, 1.165) is 34.2 Å². The van der Waals surface area contributed by atoms with Gasteiger partial charge in [0.2, 0.25) is 5.75 Å². The third kappa shape index (κ3) is 2.87. The van der Waals surface area contributed by atoms with Gasteiger partial charge in [-0.2, -0.15) is 0 Å². The molecule has 0 bridgehead atoms. The summed E-state index contributed by atoms with van der Waals surface area (Å²) in [6.07, 6.45) is 2.12. The minimum atomic E-state index is -0.305. The number of benzene rings is 2. The molecule has 0 saturated carbocycles. The molecule has 0 spiro atoms. The Morgan fingerprint density at radius 1 is 0.767 bits per heavy atom. The van der Waals surface area contributed by atoms with Crippen molar-refractivity contribution in [2.75, 3.05) is 49.1 Å². The number of nitrogens with zero attached hydrogens (tertiary/aromatic N) is 1. The Morgan fingerprint density at radius 3 is 1.97 bits per heavy atom. The van der Waals surface area contributed by atoms with Crippen molar-refractivity contribution in [2.45, 2.75) is 25.3 Å². The maximum Gasteiger partial charge on any atom is 0.203 e. The molecule has 0 radical (unpaired) electrons. The SMILES string of the molecule is COc1cc2c(c(OC)c1OC)-c1c(OC)c(OC)cc3c1[C@@H](CC2)[N+](C)([O-])CC3. The molecule has 4 rings (SSSR count). The predicted molar refractivity (Wildman–Crippen MR) is 114 cm³/mol. The van der Waals surface area contributed by atoms with Crippen molar-refractivity contribution in [3.05, 3.63) is 34.0 Å². The lowest BCUT2D eigenvalue weighted by Crippen LogP contribution is -2.46. The number of quaternary nitrogens is 1. The maximum atomic E-state index is 13.5. The molecule has 0 fully saturated rings. The number of likely N-dealkylation sites (N-methyl/N-ethyl adjacent to an activating group) is 1. The summed E-state index contributed by atoms with van der Waals surface area (Å²) < 4.78 is 28.3. The maximum absolute atomic E-state index is 13.5. The summed E-state index contributed by atoms with van der Waals surface area (Å²) in [4.78, 5) is 0. The number of hydrogen-bond acceptors (Lipinski definition) is 6. The molecule has 162 valence electrons. The Kier molecular flexibility index (Phi) is 5.20. The van der Waals surface area contributed by atoms with E-state index in [4.69, 9.17) is 23.7 Å². The molecular weight excluding hydrogens is 386 g/mol. The van der Waals surface area contributed by atoms with Crippen LogP contribution < -0.4 is 23.7 Å². The molecule has 2 aromatic carbocycles. The summed E-state index contributed by atoms with van der Waals surface area (Å²) in [7, 11) is 9.85. The van der Waals surface area contributed by atoms with Gasteiger partial charge in [-0.1, -0.05) is 0 Å². The van der Waals surface area contributed by atoms with Crippen molar-refractivity contribution in [3.63, 3.8) is 0 Å². The van der Waals surface area contributed by atoms with Gasteiger partial charge in [0.05, 0.1) is 49.1 Å². The third-order valence-corrected chi connectivity index (χ3v) is 6.46. The first-order chi connectivity index (χ1) is 14.4. The molecule has 1 aliphatic carbocycles. The zero-order valence-electron chi connectivity index (χ0n) is 18.5. The van der Waals surface area contributed by atoms with Gasteiger partial charge in [-0.15, -0.1) is 0 Å². The topological polar surface area (TPSA) is 69.2 Å². The Bertz CT molecular complexity index is 985. The highest BCUT2D eigenvalue weighted by Gasteiger charge is 2.41. The van der Waals surface area contributed by atoms with Crippen molar-refractivity contribution < 1.29 is 28.3 Å². The van der Waals surface area contributed by atoms with E-state index in [0.29, 0.717) is 48.1 Å². The predicted octanol–water partition coefficient (Wildman–Crippen LogP) is 3.88. The molecule has 1 aliphatic heterocycles. The number of fused-ring (bicyclic) bond motifs is 2. The molecule has 2 atom stereocenters. The van der Waals surface area contributed by atoms with Gasteiger partial charge in [-0.3, -0.25) is 0 Å². The Hall–Kier alpha value is -2.64. The van der Waals surface area contributed by atoms with Crippen LogP contribution in [-0.2, 0) is 12.8 Å². The van der Waals surface area contributed by atoms with E-state index in [9.17, 15) is 5.21 Å². The number of hydrogen-bond donors (Lipinski definition) is 0. The summed E-state index contributed by atoms with van der Waals surface area (Å²) >= 11 is 0. The first-order valence-corrected chi connectivity index (χ1v) is 10.1. The molecule has 7 nitrogen and oxygen atoms in total. The van der Waals surface area contributed by atoms with Crippen molar-refractivity contribution in [2.24, 2.45) is 0 Å². The standard InChI is InChI=1S/C23H29NO6/c1-24(25)10-9-14-12-16(26-2)21(28-4)20-18(14)15(24)8-7-13-11-17(27-3)22(29-5)23(30-6)19(13)20/h11-12,15H,7-10H2,1-6H3/t15-,24?/m1/s1. The number of aryl methyl sites for hydroxylation is 1. The second-order valence-corrected chi connectivity index (χ2v) is 7.94. The Morgan fingerprint density at radius 2 is 1.37 bits per heavy atom. The van der Waals surface area contributed by atoms with E-state index in [1.165, 1.54) is 0 Å². The first-order valence-electron chi connectivity index (χ1n) is 10.1. The summed E-state index contributed by atoms with van der Waals surface area (Å²) in [6.45, 7) is 0.534. The van der Waals surface area contributed by atoms with Gasteiger partial charge in [0.1, 0.15) is 6.04 Å². The van der Waals surface area contributed by atoms with Crippen LogP contribution in [0.3, 0.4) is 0 Å². The summed E-state index contributed by atoms with van der Waals surface area (Å²) in [5, 5.41) is 13.5. The molecule has 0 N–H and O–H groups in total. The van der Waals surface area contributed by atoms with Crippen LogP contribution in [0.4, 0.5) is 0 Å². The van der Waals surface area contributed by atoms with Crippen LogP contribution >= 0.6 is 0 Å². The Labute approximate surface area is 177 Å². The highest BCUT2D eigenvalue weighted by Crippen LogP contribution is 2.57. The molecule has 7 heteroatoms. The lowest BCUT2D eigenvalue weighted by molar-refractivity contribution is -0.895. The van der Waals surface area contributed by atoms with Crippen LogP contribution in [-0.4, -0.2) is 53.8 Å². The summed E-state index contributed by atoms with van der Waals surface area (Å²) in [5.41, 5.74) is 4.94. The van der Waals surface area contributed by atoms with E-state index < -0.39 is 0 Å². The van der Waals surface area contributed by atoms with Gasteiger partial charge in [-0.25, -0.2) is 0 Å². The van der Waals surface area contributed by atoms with Crippen LogP contribution in [0, 0.1) is 5.21 Å². The normalized spacial score (nSPS) is 21.8. The summed E-state index contributed by atoms with van der Waals surface area (Å²) in [6, 6.07) is 3.80. The van der Waals surface area contributed by atoms with E-state index in [1.54, 1.807) is 42.6 Å². The molecule has 0 aromatic heterocycles. The highest BCUT2D eigenvalue weighted by molar-refractivity contribution is 5.88. The van der Waals surface area contributed by atoms with Crippen LogP contribution in [0.5, 0.6) is 28.7 Å². The van der Waals surface area contributed by atoms with E-state index in [-0.39, 0.29) is 10.7 Å². The van der Waals surface area contributed by atoms with E-state index in [1.807, 2.05) is 12.1 Å². The Balaban J connectivity index is 2.17. The van der Waals surface area contributed by atoms with Crippen LogP contribution in [0.15, 0.2) is 12.1 Å².